The standard InChI is InChI=1S/C12H17N3O3/c1-8-6-10(9(7-15-8)12(17)18)14-5-3-2-4-11(13)16/h6-7H,2-5H2,1H3,(H2,13,16)(H,14,15)(H,17,18). The van der Waals surface area contributed by atoms with Crippen LogP contribution in [0.2, 0.25) is 0 Å². The second-order valence-corrected chi connectivity index (χ2v) is 4.03. The second kappa shape index (κ2) is 6.58. The van der Waals surface area contributed by atoms with Gasteiger partial charge in [0.15, 0.2) is 0 Å². The largest absolute Gasteiger partial charge is 0.478 e. The van der Waals surface area contributed by atoms with Crippen LogP contribution in [0.25, 0.3) is 0 Å². The Kier molecular flexibility index (Phi) is 5.10. The molecule has 6 heteroatoms. The number of unbranched alkanes of at least 4 members (excludes halogenated alkanes) is 1. The van der Waals surface area contributed by atoms with Crippen molar-refractivity contribution in [2.75, 3.05) is 11.9 Å². The third-order valence-corrected chi connectivity index (χ3v) is 2.44. The Morgan fingerprint density at radius 3 is 2.78 bits per heavy atom. The van der Waals surface area contributed by atoms with Crippen LogP contribution in [0.15, 0.2) is 12.3 Å². The van der Waals surface area contributed by atoms with E-state index in [-0.39, 0.29) is 11.5 Å². The minimum Gasteiger partial charge on any atom is -0.478 e. The predicted molar refractivity (Wildman–Crippen MR) is 67.5 cm³/mol. The van der Waals surface area contributed by atoms with Crippen molar-refractivity contribution in [1.82, 2.24) is 4.98 Å². The molecule has 1 heterocycles. The van der Waals surface area contributed by atoms with Crippen molar-refractivity contribution in [1.29, 1.82) is 0 Å². The van der Waals surface area contributed by atoms with E-state index in [1.165, 1.54) is 6.20 Å². The van der Waals surface area contributed by atoms with Gasteiger partial charge < -0.3 is 16.2 Å². The summed E-state index contributed by atoms with van der Waals surface area (Å²) >= 11 is 0. The topological polar surface area (TPSA) is 105 Å². The summed E-state index contributed by atoms with van der Waals surface area (Å²) in [5.74, 6) is -1.33. The number of aromatic carboxylic acids is 1. The highest BCUT2D eigenvalue weighted by Crippen LogP contribution is 2.15. The number of carbonyl (C=O) groups excluding carboxylic acids is 1. The molecule has 1 rings (SSSR count). The van der Waals surface area contributed by atoms with Crippen molar-refractivity contribution in [3.05, 3.63) is 23.5 Å². The molecule has 0 aromatic carbocycles. The van der Waals surface area contributed by atoms with Crippen molar-refractivity contribution in [3.63, 3.8) is 0 Å². The summed E-state index contributed by atoms with van der Waals surface area (Å²) in [5.41, 5.74) is 6.47. The number of carbonyl (C=O) groups is 2. The van der Waals surface area contributed by atoms with Gasteiger partial charge in [0.2, 0.25) is 5.91 Å². The van der Waals surface area contributed by atoms with Crippen LogP contribution in [0.3, 0.4) is 0 Å². The van der Waals surface area contributed by atoms with Gasteiger partial charge in [-0.2, -0.15) is 0 Å². The smallest absolute Gasteiger partial charge is 0.339 e. The minimum atomic E-state index is -1.01. The molecule has 6 nitrogen and oxygen atoms in total. The van der Waals surface area contributed by atoms with Gasteiger partial charge in [0.25, 0.3) is 0 Å². The van der Waals surface area contributed by atoms with Crippen LogP contribution in [-0.4, -0.2) is 28.5 Å². The van der Waals surface area contributed by atoms with Crippen LogP contribution in [0.4, 0.5) is 5.69 Å². The van der Waals surface area contributed by atoms with E-state index in [4.69, 9.17) is 10.8 Å². The Bertz CT molecular complexity index is 446. The maximum absolute atomic E-state index is 11.0. The average molecular weight is 251 g/mol. The first-order chi connectivity index (χ1) is 8.50. The minimum absolute atomic E-state index is 0.149. The summed E-state index contributed by atoms with van der Waals surface area (Å²) in [6.07, 6.45) is 3.13. The lowest BCUT2D eigenvalue weighted by atomic mass is 10.2. The van der Waals surface area contributed by atoms with Crippen molar-refractivity contribution < 1.29 is 14.7 Å². The number of carboxylic acids is 1. The van der Waals surface area contributed by atoms with Crippen molar-refractivity contribution in [3.8, 4) is 0 Å². The summed E-state index contributed by atoms with van der Waals surface area (Å²) in [6.45, 7) is 2.39. The lowest BCUT2D eigenvalue weighted by Gasteiger charge is -2.09. The van der Waals surface area contributed by atoms with Crippen molar-refractivity contribution >= 4 is 17.6 Å². The van der Waals surface area contributed by atoms with Gasteiger partial charge in [0.05, 0.1) is 5.69 Å². The van der Waals surface area contributed by atoms with E-state index >= 15 is 0 Å². The summed E-state index contributed by atoms with van der Waals surface area (Å²) in [6, 6.07) is 1.69. The van der Waals surface area contributed by atoms with Crippen LogP contribution in [0.1, 0.15) is 35.3 Å². The third kappa shape index (κ3) is 4.40. The number of hydrogen-bond donors (Lipinski definition) is 3. The zero-order valence-corrected chi connectivity index (χ0v) is 10.3. The Hall–Kier alpha value is -2.11. The summed E-state index contributed by atoms with van der Waals surface area (Å²) in [4.78, 5) is 25.5. The lowest BCUT2D eigenvalue weighted by molar-refractivity contribution is -0.118. The number of rotatable bonds is 7. The number of nitrogens with one attached hydrogen (secondary N) is 1. The number of hydrogen-bond acceptors (Lipinski definition) is 4. The molecular weight excluding hydrogens is 234 g/mol. The molecule has 0 aliphatic heterocycles. The number of anilines is 1. The average Bonchev–Trinajstić information content (AvgIpc) is 2.27. The van der Waals surface area contributed by atoms with E-state index in [0.717, 1.165) is 12.1 Å². The van der Waals surface area contributed by atoms with E-state index in [1.54, 1.807) is 13.0 Å². The molecule has 0 aliphatic carbocycles. The molecule has 1 amide bonds. The molecule has 0 bridgehead atoms. The number of aromatic nitrogens is 1. The number of carboxylic acid groups (broad SMARTS) is 1. The number of primary amides is 1. The molecule has 0 saturated heterocycles. The molecule has 0 aliphatic rings. The van der Waals surface area contributed by atoms with E-state index in [2.05, 4.69) is 10.3 Å². The van der Waals surface area contributed by atoms with Gasteiger partial charge in [-0.1, -0.05) is 0 Å². The van der Waals surface area contributed by atoms with Gasteiger partial charge in [-0.3, -0.25) is 9.78 Å². The molecule has 98 valence electrons. The monoisotopic (exact) mass is 251 g/mol. The van der Waals surface area contributed by atoms with Crippen LogP contribution >= 0.6 is 0 Å². The molecule has 0 fully saturated rings. The van der Waals surface area contributed by atoms with Crippen LogP contribution in [-0.2, 0) is 4.79 Å². The molecule has 1 aromatic heterocycles. The molecule has 0 spiro atoms. The van der Waals surface area contributed by atoms with Crippen molar-refractivity contribution in [2.45, 2.75) is 26.2 Å². The zero-order valence-electron chi connectivity index (χ0n) is 10.3. The maximum atomic E-state index is 11.0. The van der Waals surface area contributed by atoms with Gasteiger partial charge in [0, 0.05) is 24.9 Å². The fourth-order valence-electron chi connectivity index (χ4n) is 1.52. The molecule has 4 N–H and O–H groups in total. The highest BCUT2D eigenvalue weighted by atomic mass is 16.4. The third-order valence-electron chi connectivity index (χ3n) is 2.44. The van der Waals surface area contributed by atoms with E-state index < -0.39 is 5.97 Å². The van der Waals surface area contributed by atoms with E-state index in [0.29, 0.717) is 25.1 Å². The number of nitrogens with two attached hydrogens (primary N) is 1. The predicted octanol–water partition coefficient (Wildman–Crippen LogP) is 1.16. The molecule has 0 atom stereocenters. The lowest BCUT2D eigenvalue weighted by Crippen LogP contribution is -2.12. The van der Waals surface area contributed by atoms with E-state index in [1.807, 2.05) is 0 Å². The number of aryl methyl sites for hydroxylation is 1. The van der Waals surface area contributed by atoms with Gasteiger partial charge in [0.1, 0.15) is 5.56 Å². The quantitative estimate of drug-likeness (QED) is 0.630. The Labute approximate surface area is 105 Å². The first-order valence-corrected chi connectivity index (χ1v) is 5.73. The van der Waals surface area contributed by atoms with Crippen molar-refractivity contribution in [2.24, 2.45) is 5.73 Å². The fraction of sp³-hybridized carbons (Fsp3) is 0.417. The van der Waals surface area contributed by atoms with Crippen LogP contribution in [0, 0.1) is 6.92 Å². The Balaban J connectivity index is 2.53. The number of amides is 1. The maximum Gasteiger partial charge on any atom is 0.339 e. The normalized spacial score (nSPS) is 10.1. The zero-order chi connectivity index (χ0) is 13.5. The number of pyridine rings is 1. The summed E-state index contributed by atoms with van der Waals surface area (Å²) in [5, 5.41) is 12.0. The van der Waals surface area contributed by atoms with Gasteiger partial charge in [-0.05, 0) is 25.8 Å². The molecule has 1 aromatic rings. The molecule has 18 heavy (non-hydrogen) atoms. The van der Waals surface area contributed by atoms with Crippen LogP contribution in [0.5, 0.6) is 0 Å². The molecular formula is C12H17N3O3. The Morgan fingerprint density at radius 1 is 1.44 bits per heavy atom. The summed E-state index contributed by atoms with van der Waals surface area (Å²) < 4.78 is 0. The van der Waals surface area contributed by atoms with Gasteiger partial charge in [-0.15, -0.1) is 0 Å². The number of nitrogens with zero attached hydrogens (tertiary/aromatic N) is 1. The molecule has 0 saturated carbocycles. The summed E-state index contributed by atoms with van der Waals surface area (Å²) in [7, 11) is 0. The molecule has 0 radical (unpaired) electrons. The van der Waals surface area contributed by atoms with E-state index in [9.17, 15) is 9.59 Å². The fourth-order valence-corrected chi connectivity index (χ4v) is 1.52. The Morgan fingerprint density at radius 2 is 2.17 bits per heavy atom. The molecule has 0 unspecified atom stereocenters. The first kappa shape index (κ1) is 14.0. The van der Waals surface area contributed by atoms with Crippen LogP contribution < -0.4 is 11.1 Å². The highest BCUT2D eigenvalue weighted by molar-refractivity contribution is 5.93. The SMILES string of the molecule is Cc1cc(NCCCCC(N)=O)c(C(=O)O)cn1. The van der Waals surface area contributed by atoms with Gasteiger partial charge in [-0.25, -0.2) is 4.79 Å². The van der Waals surface area contributed by atoms with Gasteiger partial charge >= 0.3 is 5.97 Å². The first-order valence-electron chi connectivity index (χ1n) is 5.73. The highest BCUT2D eigenvalue weighted by Gasteiger charge is 2.10. The second-order valence-electron chi connectivity index (χ2n) is 4.03.